The maximum atomic E-state index is 4.25. The van der Waals surface area contributed by atoms with Gasteiger partial charge in [0.1, 0.15) is 0 Å². The summed E-state index contributed by atoms with van der Waals surface area (Å²) >= 11 is 12.8. The third kappa shape index (κ3) is 39.3. The Balaban J connectivity index is -0.0000000150. The zero-order valence-corrected chi connectivity index (χ0v) is 13.3. The van der Waals surface area contributed by atoms with E-state index in [1.54, 1.807) is 0 Å². The molecule has 0 spiro atoms. The zero-order chi connectivity index (χ0) is 3.58. The van der Waals surface area contributed by atoms with Crippen LogP contribution in [0.5, 0.6) is 0 Å². The van der Waals surface area contributed by atoms with Crippen LogP contribution in [-0.2, 0) is 37.4 Å². The van der Waals surface area contributed by atoms with E-state index in [-0.39, 0.29) is 88.7 Å². The molecule has 24 valence electrons. The topological polar surface area (TPSA) is 0 Å². The Bertz CT molecular complexity index is 14.9. The summed E-state index contributed by atoms with van der Waals surface area (Å²) in [7, 11) is 0. The minimum absolute atomic E-state index is 0. The summed E-state index contributed by atoms with van der Waals surface area (Å²) in [6, 6.07) is 0. The van der Waals surface area contributed by atoms with Crippen LogP contribution in [0.1, 0.15) is 0 Å². The fourth-order valence-electron chi connectivity index (χ4n) is 0. The van der Waals surface area contributed by atoms with Crippen LogP contribution in [0.3, 0.4) is 0 Å². The number of hydrogen-bond acceptors (Lipinski definition) is 3. The normalized spacial score (nSPS) is 3.86. The Labute approximate surface area is 128 Å². The predicted molar refractivity (Wildman–Crippen MR) is 27.8 cm³/mol. The maximum absolute atomic E-state index is 4.25. The van der Waals surface area contributed by atoms with Gasteiger partial charge >= 0.3 is 88.7 Å². The van der Waals surface area contributed by atoms with Crippen LogP contribution in [0.25, 0.3) is 0 Å². The van der Waals surface area contributed by atoms with E-state index < -0.39 is 4.55 Å². The van der Waals surface area contributed by atoms with Crippen molar-refractivity contribution in [1.29, 1.82) is 0 Å². The van der Waals surface area contributed by atoms with Crippen molar-refractivity contribution < 1.29 is 88.7 Å². The van der Waals surface area contributed by atoms with Crippen molar-refractivity contribution in [3.63, 3.8) is 0 Å². The summed E-state index contributed by atoms with van der Waals surface area (Å²) in [5.41, 5.74) is 0. The maximum Gasteiger partial charge on any atom is 1.00 e. The first-order valence-electron chi connectivity index (χ1n) is 0.707. The molecule has 7 heteroatoms. The molecule has 0 amide bonds. The quantitative estimate of drug-likeness (QED) is 0.266. The third-order valence-corrected chi connectivity index (χ3v) is 0. The van der Waals surface area contributed by atoms with Crippen LogP contribution in [0.2, 0.25) is 0 Å². The minimum Gasteiger partial charge on any atom is -0.872 e. The summed E-state index contributed by atoms with van der Waals surface area (Å²) in [6.45, 7) is 0. The summed E-state index contributed by atoms with van der Waals surface area (Å²) < 4.78 is -0.417. The Hall–Kier alpha value is 4.11. The molecule has 0 rings (SSSR count). The van der Waals surface area contributed by atoms with Gasteiger partial charge in [-0.1, -0.05) is 0 Å². The molecule has 0 saturated heterocycles. The molecule has 0 aliphatic carbocycles. The number of rotatable bonds is 0. The molecule has 0 aromatic rings. The van der Waals surface area contributed by atoms with Crippen LogP contribution in [0, 0.1) is 0 Å². The molecule has 0 heterocycles. The van der Waals surface area contributed by atoms with Gasteiger partial charge in [0.15, 0.2) is 0 Å². The van der Waals surface area contributed by atoms with E-state index >= 15 is 0 Å². The average Bonchev–Trinajstić information content (AvgIpc) is 0.811. The van der Waals surface area contributed by atoms with E-state index in [2.05, 4.69) is 37.4 Å². The van der Waals surface area contributed by atoms with Crippen LogP contribution < -0.4 is 88.7 Å². The first kappa shape index (κ1) is 22.5. The molecule has 0 atom stereocenters. The first-order valence-corrected chi connectivity index (χ1v) is 2.12. The van der Waals surface area contributed by atoms with E-state index in [9.17, 15) is 0 Å². The standard InChI is InChI=1S/BS3.3Na/c2-1(3)4;;;/q-3;3*+1. The SMILES string of the molecule is [Na+].[Na+].[Na+].[S-]B([S-])[S-]. The Morgan fingerprint density at radius 3 is 0.714 bits per heavy atom. The van der Waals surface area contributed by atoms with E-state index in [1.165, 1.54) is 0 Å². The van der Waals surface area contributed by atoms with Crippen molar-refractivity contribution in [3.05, 3.63) is 0 Å². The van der Waals surface area contributed by atoms with Crippen LogP contribution >= 0.6 is 0 Å². The van der Waals surface area contributed by atoms with Crippen LogP contribution in [-0.4, -0.2) is 4.55 Å². The average molecular weight is 176 g/mol. The van der Waals surface area contributed by atoms with Gasteiger partial charge in [0.2, 0.25) is 0 Å². The van der Waals surface area contributed by atoms with E-state index in [1.807, 2.05) is 0 Å². The Morgan fingerprint density at radius 2 is 0.714 bits per heavy atom. The molecule has 0 bridgehead atoms. The van der Waals surface area contributed by atoms with Gasteiger partial charge in [0.05, 0.1) is 0 Å². The molecule has 0 aliphatic heterocycles. The molecule has 0 aliphatic rings. The van der Waals surface area contributed by atoms with Gasteiger partial charge in [0.25, 0.3) is 0 Å². The smallest absolute Gasteiger partial charge is 0.872 e. The molecule has 0 saturated carbocycles. The fourth-order valence-corrected chi connectivity index (χ4v) is 0. The van der Waals surface area contributed by atoms with Crippen molar-refractivity contribution in [2.75, 3.05) is 0 Å². The van der Waals surface area contributed by atoms with Gasteiger partial charge in [-0.3, -0.25) is 0 Å². The monoisotopic (exact) mass is 176 g/mol. The van der Waals surface area contributed by atoms with Gasteiger partial charge in [-0.15, -0.1) is 0 Å². The van der Waals surface area contributed by atoms with Gasteiger partial charge in [-0.05, 0) is 0 Å². The molecule has 0 unspecified atom stereocenters. The number of hydrogen-bond donors (Lipinski definition) is 0. The molecule has 0 aromatic heterocycles. The van der Waals surface area contributed by atoms with Crippen molar-refractivity contribution in [1.82, 2.24) is 0 Å². The zero-order valence-electron chi connectivity index (χ0n) is 4.80. The second kappa shape index (κ2) is 16.6. The summed E-state index contributed by atoms with van der Waals surface area (Å²) in [6.07, 6.45) is 0. The third-order valence-electron chi connectivity index (χ3n) is 0. The second-order valence-electron chi connectivity index (χ2n) is 0.289. The van der Waals surface area contributed by atoms with E-state index in [0.717, 1.165) is 0 Å². The van der Waals surface area contributed by atoms with E-state index in [0.29, 0.717) is 0 Å². The molecule has 0 fully saturated rings. The molecular weight excluding hydrogens is 176 g/mol. The summed E-state index contributed by atoms with van der Waals surface area (Å²) in [4.78, 5) is 0. The summed E-state index contributed by atoms with van der Waals surface area (Å²) in [5.74, 6) is 0. The van der Waals surface area contributed by atoms with Crippen molar-refractivity contribution in [3.8, 4) is 0 Å². The predicted octanol–water partition coefficient (Wildman–Crippen LogP) is -9.38. The van der Waals surface area contributed by atoms with Crippen molar-refractivity contribution in [2.24, 2.45) is 0 Å². The van der Waals surface area contributed by atoms with Crippen LogP contribution in [0.15, 0.2) is 0 Å². The van der Waals surface area contributed by atoms with Gasteiger partial charge < -0.3 is 42.0 Å². The van der Waals surface area contributed by atoms with E-state index in [4.69, 9.17) is 0 Å². The Morgan fingerprint density at radius 1 is 0.714 bits per heavy atom. The van der Waals surface area contributed by atoms with Gasteiger partial charge in [-0.25, -0.2) is 0 Å². The Kier molecular flexibility index (Phi) is 53.3. The van der Waals surface area contributed by atoms with Crippen LogP contribution in [0.4, 0.5) is 0 Å². The van der Waals surface area contributed by atoms with Crippen molar-refractivity contribution >= 4 is 42.0 Å². The first-order chi connectivity index (χ1) is 1.73. The van der Waals surface area contributed by atoms with Gasteiger partial charge in [-0.2, -0.15) is 0 Å². The molecule has 0 radical (unpaired) electrons. The largest absolute Gasteiger partial charge is 1.00 e. The molecule has 0 aromatic carbocycles. The molecule has 0 N–H and O–H groups in total. The van der Waals surface area contributed by atoms with Crippen molar-refractivity contribution in [2.45, 2.75) is 0 Å². The fraction of sp³-hybridized carbons (Fsp3) is 0. The minimum atomic E-state index is -0.417. The summed E-state index contributed by atoms with van der Waals surface area (Å²) in [5, 5.41) is 0. The second-order valence-corrected chi connectivity index (χ2v) is 2.60. The molecule has 7 heavy (non-hydrogen) atoms. The molecule has 0 nitrogen and oxygen atoms in total. The van der Waals surface area contributed by atoms with Gasteiger partial charge in [0, 0.05) is 0 Å². The molecular formula is BNa3S3.